The van der Waals surface area contributed by atoms with Crippen molar-refractivity contribution in [3.63, 3.8) is 0 Å². The van der Waals surface area contributed by atoms with Gasteiger partial charge in [0, 0.05) is 5.92 Å². The van der Waals surface area contributed by atoms with E-state index in [1.165, 1.54) is 0 Å². The average Bonchev–Trinajstić information content (AvgIpc) is 1.80. The number of carbonyl (C=O) groups is 1. The monoisotopic (exact) mass is 138 g/mol. The molecule has 0 aromatic rings. The molecule has 1 heteroatoms. The van der Waals surface area contributed by atoms with Crippen LogP contribution in [0.3, 0.4) is 0 Å². The van der Waals surface area contributed by atoms with Crippen molar-refractivity contribution < 1.29 is 4.79 Å². The van der Waals surface area contributed by atoms with Crippen LogP contribution in [0.5, 0.6) is 0 Å². The van der Waals surface area contributed by atoms with Crippen molar-refractivity contribution in [3.05, 3.63) is 12.7 Å². The lowest BCUT2D eigenvalue weighted by atomic mass is 9.62. The van der Waals surface area contributed by atoms with Gasteiger partial charge in [0.2, 0.25) is 0 Å². The second-order valence-electron chi connectivity index (χ2n) is 3.57. The minimum atomic E-state index is 0.260. The molecular formula is C9H14O. The van der Waals surface area contributed by atoms with Crippen LogP contribution < -0.4 is 0 Å². The van der Waals surface area contributed by atoms with Gasteiger partial charge in [-0.15, -0.1) is 6.58 Å². The Bertz CT molecular complexity index is 164. The van der Waals surface area contributed by atoms with Crippen LogP contribution in [0.25, 0.3) is 0 Å². The first kappa shape index (κ1) is 7.52. The first-order valence-electron chi connectivity index (χ1n) is 3.71. The van der Waals surface area contributed by atoms with Crippen molar-refractivity contribution in [2.75, 3.05) is 0 Å². The molecule has 0 bridgehead atoms. The zero-order chi connectivity index (χ0) is 7.78. The highest BCUT2D eigenvalue weighted by atomic mass is 16.1. The smallest absolute Gasteiger partial charge is 0.132 e. The molecule has 0 amide bonds. The standard InChI is InChI=1S/C9H14O/c1-4-9(3)5-8(6-9)7(2)10/h4,8H,1,5-6H2,2-3H3. The molecule has 0 heterocycles. The van der Waals surface area contributed by atoms with E-state index < -0.39 is 0 Å². The van der Waals surface area contributed by atoms with Gasteiger partial charge in [0.25, 0.3) is 0 Å². The maximum Gasteiger partial charge on any atom is 0.132 e. The predicted octanol–water partition coefficient (Wildman–Crippen LogP) is 2.18. The van der Waals surface area contributed by atoms with Gasteiger partial charge in [0.1, 0.15) is 5.78 Å². The summed E-state index contributed by atoms with van der Waals surface area (Å²) >= 11 is 0. The van der Waals surface area contributed by atoms with Crippen LogP contribution in [-0.4, -0.2) is 5.78 Å². The number of allylic oxidation sites excluding steroid dienone is 1. The summed E-state index contributed by atoms with van der Waals surface area (Å²) in [6, 6.07) is 0. The molecule has 0 saturated heterocycles. The van der Waals surface area contributed by atoms with Crippen molar-refractivity contribution in [3.8, 4) is 0 Å². The molecule has 0 N–H and O–H groups in total. The molecule has 1 nitrogen and oxygen atoms in total. The van der Waals surface area contributed by atoms with Crippen molar-refractivity contribution >= 4 is 5.78 Å². The Hall–Kier alpha value is -0.590. The van der Waals surface area contributed by atoms with E-state index >= 15 is 0 Å². The van der Waals surface area contributed by atoms with Crippen molar-refractivity contribution in [2.45, 2.75) is 26.7 Å². The van der Waals surface area contributed by atoms with Gasteiger partial charge in [0.05, 0.1) is 0 Å². The fraction of sp³-hybridized carbons (Fsp3) is 0.667. The van der Waals surface area contributed by atoms with E-state index in [4.69, 9.17) is 0 Å². The van der Waals surface area contributed by atoms with Gasteiger partial charge < -0.3 is 0 Å². The van der Waals surface area contributed by atoms with Crippen molar-refractivity contribution in [2.24, 2.45) is 11.3 Å². The second kappa shape index (κ2) is 2.22. The molecule has 0 aromatic carbocycles. The maximum atomic E-state index is 10.8. The van der Waals surface area contributed by atoms with Gasteiger partial charge in [0.15, 0.2) is 0 Å². The lowest BCUT2D eigenvalue weighted by molar-refractivity contribution is -0.126. The van der Waals surface area contributed by atoms with Crippen molar-refractivity contribution in [1.82, 2.24) is 0 Å². The number of hydrogen-bond donors (Lipinski definition) is 0. The molecule has 1 rings (SSSR count). The molecule has 1 fully saturated rings. The Morgan fingerprint density at radius 1 is 1.70 bits per heavy atom. The maximum absolute atomic E-state index is 10.8. The Balaban J connectivity index is 2.43. The van der Waals surface area contributed by atoms with Crippen LogP contribution in [-0.2, 0) is 4.79 Å². The Morgan fingerprint density at radius 3 is 2.50 bits per heavy atom. The quantitative estimate of drug-likeness (QED) is 0.534. The van der Waals surface area contributed by atoms with E-state index in [1.54, 1.807) is 6.92 Å². The minimum absolute atomic E-state index is 0.260. The van der Waals surface area contributed by atoms with Gasteiger partial charge in [-0.3, -0.25) is 4.79 Å². The summed E-state index contributed by atoms with van der Waals surface area (Å²) in [4.78, 5) is 10.8. The molecule has 10 heavy (non-hydrogen) atoms. The molecule has 0 unspecified atom stereocenters. The van der Waals surface area contributed by atoms with E-state index in [0.717, 1.165) is 12.8 Å². The third kappa shape index (κ3) is 1.13. The Morgan fingerprint density at radius 2 is 2.20 bits per heavy atom. The zero-order valence-corrected chi connectivity index (χ0v) is 6.68. The van der Waals surface area contributed by atoms with E-state index in [2.05, 4.69) is 13.5 Å². The fourth-order valence-electron chi connectivity index (χ4n) is 1.52. The molecule has 0 aliphatic heterocycles. The van der Waals surface area contributed by atoms with Gasteiger partial charge in [-0.05, 0) is 25.2 Å². The molecule has 1 saturated carbocycles. The van der Waals surface area contributed by atoms with Crippen LogP contribution in [0.4, 0.5) is 0 Å². The fourth-order valence-corrected chi connectivity index (χ4v) is 1.52. The van der Waals surface area contributed by atoms with Crippen LogP contribution in [0.1, 0.15) is 26.7 Å². The van der Waals surface area contributed by atoms with Crippen LogP contribution in [0.15, 0.2) is 12.7 Å². The first-order chi connectivity index (χ1) is 4.57. The molecular weight excluding hydrogens is 124 g/mol. The van der Waals surface area contributed by atoms with E-state index in [0.29, 0.717) is 11.7 Å². The molecule has 0 aromatic heterocycles. The molecule has 56 valence electrons. The van der Waals surface area contributed by atoms with Gasteiger partial charge >= 0.3 is 0 Å². The highest BCUT2D eigenvalue weighted by Crippen LogP contribution is 2.46. The zero-order valence-electron chi connectivity index (χ0n) is 6.68. The summed E-state index contributed by atoms with van der Waals surface area (Å²) < 4.78 is 0. The molecule has 0 atom stereocenters. The molecule has 0 radical (unpaired) electrons. The van der Waals surface area contributed by atoms with E-state index in [-0.39, 0.29) is 5.41 Å². The Labute approximate surface area is 62.1 Å². The first-order valence-corrected chi connectivity index (χ1v) is 3.71. The van der Waals surface area contributed by atoms with E-state index in [1.807, 2.05) is 6.08 Å². The summed E-state index contributed by atoms with van der Waals surface area (Å²) in [6.45, 7) is 7.56. The third-order valence-electron chi connectivity index (χ3n) is 2.49. The van der Waals surface area contributed by atoms with Crippen LogP contribution in [0, 0.1) is 11.3 Å². The Kier molecular flexibility index (Phi) is 1.67. The van der Waals surface area contributed by atoms with Gasteiger partial charge in [-0.25, -0.2) is 0 Å². The lowest BCUT2D eigenvalue weighted by Crippen LogP contribution is -2.36. The summed E-state index contributed by atoms with van der Waals surface area (Å²) in [6.07, 6.45) is 3.98. The predicted molar refractivity (Wildman–Crippen MR) is 41.7 cm³/mol. The highest BCUT2D eigenvalue weighted by molar-refractivity contribution is 5.79. The summed E-state index contributed by atoms with van der Waals surface area (Å²) in [5.41, 5.74) is 0.260. The third-order valence-corrected chi connectivity index (χ3v) is 2.49. The number of rotatable bonds is 2. The van der Waals surface area contributed by atoms with Crippen LogP contribution in [0.2, 0.25) is 0 Å². The minimum Gasteiger partial charge on any atom is -0.300 e. The molecule has 0 spiro atoms. The topological polar surface area (TPSA) is 17.1 Å². The van der Waals surface area contributed by atoms with E-state index in [9.17, 15) is 4.79 Å². The van der Waals surface area contributed by atoms with Crippen molar-refractivity contribution in [1.29, 1.82) is 0 Å². The summed E-state index contributed by atoms with van der Waals surface area (Å²) in [5.74, 6) is 0.655. The largest absolute Gasteiger partial charge is 0.300 e. The molecule has 1 aliphatic carbocycles. The van der Waals surface area contributed by atoms with Gasteiger partial charge in [-0.2, -0.15) is 0 Å². The summed E-state index contributed by atoms with van der Waals surface area (Å²) in [7, 11) is 0. The number of ketones is 1. The second-order valence-corrected chi connectivity index (χ2v) is 3.57. The number of hydrogen-bond acceptors (Lipinski definition) is 1. The van der Waals surface area contributed by atoms with Crippen LogP contribution >= 0.6 is 0 Å². The highest BCUT2D eigenvalue weighted by Gasteiger charge is 2.39. The molecule has 1 aliphatic rings. The SMILES string of the molecule is C=CC1(C)CC(C(C)=O)C1. The number of carbonyl (C=O) groups excluding carboxylic acids is 1. The normalized spacial score (nSPS) is 38.4. The van der Waals surface area contributed by atoms with Gasteiger partial charge in [-0.1, -0.05) is 13.0 Å². The lowest BCUT2D eigenvalue weighted by Gasteiger charge is -2.41. The summed E-state index contributed by atoms with van der Waals surface area (Å²) in [5, 5.41) is 0. The average molecular weight is 138 g/mol. The number of Topliss-reactive ketones (excluding diaryl/α,β-unsaturated/α-hetero) is 1.